The van der Waals surface area contributed by atoms with E-state index in [2.05, 4.69) is 27.3 Å². The zero-order chi connectivity index (χ0) is 16.5. The molecule has 2 aromatic heterocycles. The van der Waals surface area contributed by atoms with Gasteiger partial charge in [0.05, 0.1) is 17.1 Å². The van der Waals surface area contributed by atoms with Crippen molar-refractivity contribution in [3.05, 3.63) is 59.7 Å². The first-order valence-electron chi connectivity index (χ1n) is 7.46. The lowest BCUT2D eigenvalue weighted by molar-refractivity contribution is 0.855. The predicted molar refractivity (Wildman–Crippen MR) is 94.5 cm³/mol. The molecule has 0 aliphatic carbocycles. The maximum atomic E-state index is 9.17. The number of nitriles is 1. The van der Waals surface area contributed by atoms with Gasteiger partial charge in [-0.2, -0.15) is 5.26 Å². The van der Waals surface area contributed by atoms with Gasteiger partial charge in [0.2, 0.25) is 5.16 Å². The van der Waals surface area contributed by atoms with Crippen molar-refractivity contribution in [2.24, 2.45) is 7.05 Å². The van der Waals surface area contributed by atoms with Gasteiger partial charge in [0.15, 0.2) is 5.65 Å². The molecule has 5 nitrogen and oxygen atoms in total. The number of fused-ring (bicyclic) bond motifs is 3. The molecular weight excluding hydrogens is 318 g/mol. The van der Waals surface area contributed by atoms with Crippen molar-refractivity contribution in [2.45, 2.75) is 10.9 Å². The van der Waals surface area contributed by atoms with Crippen LogP contribution in [-0.2, 0) is 12.8 Å². The minimum Gasteiger partial charge on any atom is -0.327 e. The highest BCUT2D eigenvalue weighted by molar-refractivity contribution is 7.98. The van der Waals surface area contributed by atoms with Crippen LogP contribution in [0.15, 0.2) is 53.7 Å². The minimum absolute atomic E-state index is 0.612. The van der Waals surface area contributed by atoms with Crippen LogP contribution in [0.1, 0.15) is 11.1 Å². The van der Waals surface area contributed by atoms with Gasteiger partial charge in [0.1, 0.15) is 5.52 Å². The van der Waals surface area contributed by atoms with E-state index in [1.807, 2.05) is 54.1 Å². The SMILES string of the molecule is Cn1c2ccccc2c2nnc(SCc3ccccc3C#N)nc21. The Kier molecular flexibility index (Phi) is 3.63. The summed E-state index contributed by atoms with van der Waals surface area (Å²) in [5.74, 6) is 0.640. The predicted octanol–water partition coefficient (Wildman–Crippen LogP) is 3.68. The smallest absolute Gasteiger partial charge is 0.211 e. The first-order valence-corrected chi connectivity index (χ1v) is 8.45. The topological polar surface area (TPSA) is 67.4 Å². The van der Waals surface area contributed by atoms with Crippen LogP contribution in [0.4, 0.5) is 0 Å². The Morgan fingerprint density at radius 3 is 2.75 bits per heavy atom. The van der Waals surface area contributed by atoms with Crippen LogP contribution in [0.5, 0.6) is 0 Å². The lowest BCUT2D eigenvalue weighted by Gasteiger charge is -2.03. The van der Waals surface area contributed by atoms with Crippen molar-refractivity contribution in [2.75, 3.05) is 0 Å². The van der Waals surface area contributed by atoms with Crippen molar-refractivity contribution in [3.8, 4) is 6.07 Å². The van der Waals surface area contributed by atoms with Crippen LogP contribution < -0.4 is 0 Å². The second kappa shape index (κ2) is 5.95. The van der Waals surface area contributed by atoms with E-state index in [1.165, 1.54) is 11.8 Å². The van der Waals surface area contributed by atoms with Gasteiger partial charge >= 0.3 is 0 Å². The van der Waals surface area contributed by atoms with Crippen molar-refractivity contribution in [1.82, 2.24) is 19.7 Å². The van der Waals surface area contributed by atoms with Crippen LogP contribution in [0.25, 0.3) is 22.1 Å². The lowest BCUT2D eigenvalue weighted by Crippen LogP contribution is -1.96. The maximum Gasteiger partial charge on any atom is 0.211 e. The fourth-order valence-corrected chi connectivity index (χ4v) is 3.54. The van der Waals surface area contributed by atoms with Crippen LogP contribution in [0.2, 0.25) is 0 Å². The highest BCUT2D eigenvalue weighted by Crippen LogP contribution is 2.27. The van der Waals surface area contributed by atoms with E-state index in [-0.39, 0.29) is 0 Å². The summed E-state index contributed by atoms with van der Waals surface area (Å²) in [4.78, 5) is 4.65. The Bertz CT molecular complexity index is 1090. The molecule has 2 aromatic carbocycles. The summed E-state index contributed by atoms with van der Waals surface area (Å²) in [5.41, 5.74) is 4.39. The molecule has 0 aliphatic heterocycles. The highest BCUT2D eigenvalue weighted by atomic mass is 32.2. The van der Waals surface area contributed by atoms with E-state index in [4.69, 9.17) is 5.26 Å². The molecule has 0 saturated heterocycles. The summed E-state index contributed by atoms with van der Waals surface area (Å²) in [6, 6.07) is 17.9. The van der Waals surface area contributed by atoms with Crippen molar-refractivity contribution in [3.63, 3.8) is 0 Å². The maximum absolute atomic E-state index is 9.17. The molecule has 0 bridgehead atoms. The van der Waals surface area contributed by atoms with Gasteiger partial charge < -0.3 is 4.57 Å². The Balaban J connectivity index is 1.70. The van der Waals surface area contributed by atoms with Crippen LogP contribution >= 0.6 is 11.8 Å². The monoisotopic (exact) mass is 331 g/mol. The molecule has 116 valence electrons. The molecule has 0 spiro atoms. The summed E-state index contributed by atoms with van der Waals surface area (Å²) in [6.45, 7) is 0. The van der Waals surface area contributed by atoms with E-state index >= 15 is 0 Å². The van der Waals surface area contributed by atoms with E-state index in [0.717, 1.165) is 27.6 Å². The Morgan fingerprint density at radius 1 is 1.08 bits per heavy atom. The van der Waals surface area contributed by atoms with Crippen molar-refractivity contribution < 1.29 is 0 Å². The number of nitrogens with zero attached hydrogens (tertiary/aromatic N) is 5. The normalized spacial score (nSPS) is 11.0. The second-order valence-corrected chi connectivity index (χ2v) is 6.34. The molecule has 4 rings (SSSR count). The van der Waals surface area contributed by atoms with E-state index in [0.29, 0.717) is 16.5 Å². The third-order valence-electron chi connectivity index (χ3n) is 3.98. The van der Waals surface area contributed by atoms with E-state index < -0.39 is 0 Å². The summed E-state index contributed by atoms with van der Waals surface area (Å²) in [6.07, 6.45) is 0. The number of hydrogen-bond donors (Lipinski definition) is 0. The zero-order valence-electron chi connectivity index (χ0n) is 13.0. The number of rotatable bonds is 3. The highest BCUT2D eigenvalue weighted by Gasteiger charge is 2.12. The van der Waals surface area contributed by atoms with Gasteiger partial charge in [-0.25, -0.2) is 4.98 Å². The standard InChI is InChI=1S/C18H13N5S/c1-23-15-9-5-4-8-14(15)16-17(23)20-18(22-21-16)24-11-13-7-3-2-6-12(13)10-19/h2-9H,11H2,1H3. The Hall–Kier alpha value is -2.91. The molecule has 24 heavy (non-hydrogen) atoms. The van der Waals surface area contributed by atoms with Gasteiger partial charge in [-0.3, -0.25) is 0 Å². The van der Waals surface area contributed by atoms with Crippen molar-refractivity contribution in [1.29, 1.82) is 5.26 Å². The van der Waals surface area contributed by atoms with Crippen LogP contribution in [0.3, 0.4) is 0 Å². The molecule has 2 heterocycles. The number of thioether (sulfide) groups is 1. The Morgan fingerprint density at radius 2 is 1.88 bits per heavy atom. The lowest BCUT2D eigenvalue weighted by atomic mass is 10.1. The van der Waals surface area contributed by atoms with Gasteiger partial charge in [-0.1, -0.05) is 48.2 Å². The van der Waals surface area contributed by atoms with Gasteiger partial charge in [-0.15, -0.1) is 10.2 Å². The quantitative estimate of drug-likeness (QED) is 0.536. The second-order valence-electron chi connectivity index (χ2n) is 5.40. The fourth-order valence-electron chi connectivity index (χ4n) is 2.75. The molecule has 0 aliphatic rings. The molecule has 0 saturated carbocycles. The molecular formula is C18H13N5S. The van der Waals surface area contributed by atoms with E-state index in [1.54, 1.807) is 0 Å². The fraction of sp³-hybridized carbons (Fsp3) is 0.111. The average molecular weight is 331 g/mol. The molecule has 6 heteroatoms. The first kappa shape index (κ1) is 14.7. The van der Waals surface area contributed by atoms with Crippen LogP contribution in [0, 0.1) is 11.3 Å². The molecule has 0 unspecified atom stereocenters. The number of aryl methyl sites for hydroxylation is 1. The van der Waals surface area contributed by atoms with Gasteiger partial charge in [0, 0.05) is 18.2 Å². The third kappa shape index (κ3) is 2.39. The number of benzene rings is 2. The molecule has 0 N–H and O–H groups in total. The van der Waals surface area contributed by atoms with E-state index in [9.17, 15) is 0 Å². The van der Waals surface area contributed by atoms with Crippen LogP contribution in [-0.4, -0.2) is 19.7 Å². The summed E-state index contributed by atoms with van der Waals surface area (Å²) in [7, 11) is 1.98. The molecule has 4 aromatic rings. The molecule has 0 fully saturated rings. The number of hydrogen-bond acceptors (Lipinski definition) is 5. The number of aromatic nitrogens is 4. The van der Waals surface area contributed by atoms with Crippen molar-refractivity contribution >= 4 is 33.8 Å². The average Bonchev–Trinajstić information content (AvgIpc) is 2.93. The molecule has 0 atom stereocenters. The minimum atomic E-state index is 0.612. The first-order chi connectivity index (χ1) is 11.8. The van der Waals surface area contributed by atoms with Gasteiger partial charge in [0.25, 0.3) is 0 Å². The summed E-state index contributed by atoms with van der Waals surface area (Å²) < 4.78 is 2.03. The third-order valence-corrected chi connectivity index (χ3v) is 4.87. The number of para-hydroxylation sites is 1. The van der Waals surface area contributed by atoms with Gasteiger partial charge in [-0.05, 0) is 17.7 Å². The summed E-state index contributed by atoms with van der Waals surface area (Å²) in [5, 5.41) is 19.4. The Labute approximate surface area is 143 Å². The molecule has 0 radical (unpaired) electrons. The largest absolute Gasteiger partial charge is 0.327 e. The zero-order valence-corrected chi connectivity index (χ0v) is 13.8. The summed E-state index contributed by atoms with van der Waals surface area (Å²) >= 11 is 1.49. The molecule has 0 amide bonds.